The highest BCUT2D eigenvalue weighted by Crippen LogP contribution is 2.26. The molecule has 0 unspecified atom stereocenters. The number of amides is 1. The third-order valence-electron chi connectivity index (χ3n) is 5.30. The van der Waals surface area contributed by atoms with Gasteiger partial charge in [0.2, 0.25) is 0 Å². The third-order valence-corrected chi connectivity index (χ3v) is 5.30. The minimum absolute atomic E-state index is 0.102. The van der Waals surface area contributed by atoms with Crippen molar-refractivity contribution >= 4 is 34.4 Å². The molecule has 0 aliphatic rings. The summed E-state index contributed by atoms with van der Waals surface area (Å²) in [5.41, 5.74) is 6.20. The Labute approximate surface area is 175 Å². The van der Waals surface area contributed by atoms with E-state index in [4.69, 9.17) is 10.6 Å². The molecule has 0 spiro atoms. The minimum atomic E-state index is -0.606. The summed E-state index contributed by atoms with van der Waals surface area (Å²) in [6.07, 6.45) is 3.63. The van der Waals surface area contributed by atoms with Gasteiger partial charge in [0.15, 0.2) is 5.78 Å². The second kappa shape index (κ2) is 9.33. The number of nitrogens with one attached hydrogen (secondary N) is 3. The highest BCUT2D eigenvalue weighted by Gasteiger charge is 2.23. The Bertz CT molecular complexity index is 1110. The van der Waals surface area contributed by atoms with E-state index in [0.29, 0.717) is 6.42 Å². The van der Waals surface area contributed by atoms with Crippen molar-refractivity contribution in [2.75, 3.05) is 0 Å². The van der Waals surface area contributed by atoms with Crippen LogP contribution in [0, 0.1) is 12.3 Å². The van der Waals surface area contributed by atoms with Crippen molar-refractivity contribution < 1.29 is 14.8 Å². The van der Waals surface area contributed by atoms with Crippen molar-refractivity contribution in [2.24, 2.45) is 0 Å². The van der Waals surface area contributed by atoms with Gasteiger partial charge in [0.1, 0.15) is 0 Å². The Morgan fingerprint density at radius 1 is 1.17 bits per heavy atom. The first-order valence-corrected chi connectivity index (χ1v) is 9.84. The maximum absolute atomic E-state index is 12.9. The second-order valence-corrected chi connectivity index (χ2v) is 7.22. The molecule has 4 N–H and O–H groups in total. The van der Waals surface area contributed by atoms with Gasteiger partial charge in [0.25, 0.3) is 5.91 Å². The maximum atomic E-state index is 12.9. The van der Waals surface area contributed by atoms with Gasteiger partial charge in [-0.15, -0.1) is 0 Å². The van der Waals surface area contributed by atoms with E-state index in [0.717, 1.165) is 33.3 Å². The number of aryl methyl sites for hydroxylation is 1. The zero-order chi connectivity index (χ0) is 21.7. The maximum Gasteiger partial charge on any atom is 0.267 e. The Balaban J connectivity index is 1.76. The number of aromatic nitrogens is 1. The standard InChI is InChI=1S/C24H25N3O3/c1-3-18(17-11-8-16(9-12-17)10-13-23(29)27-30)24(25)22(28)14-20-15(2)26-21-7-5-4-6-19(20)21/h4-13,18,25-26,30H,3,14H2,1-2H3,(H,27,29)/b13-10+,25-24?/t18-/m0/s1. The number of carbonyl (C=O) groups excluding carboxylic acids is 2. The third kappa shape index (κ3) is 4.55. The predicted molar refractivity (Wildman–Crippen MR) is 118 cm³/mol. The highest BCUT2D eigenvalue weighted by atomic mass is 16.5. The van der Waals surface area contributed by atoms with E-state index in [2.05, 4.69) is 4.98 Å². The van der Waals surface area contributed by atoms with Gasteiger partial charge in [-0.05, 0) is 42.2 Å². The molecule has 0 bridgehead atoms. The molecule has 1 atom stereocenters. The monoisotopic (exact) mass is 403 g/mol. The first-order chi connectivity index (χ1) is 14.4. The van der Waals surface area contributed by atoms with E-state index >= 15 is 0 Å². The Hall–Kier alpha value is -3.51. The topological polar surface area (TPSA) is 106 Å². The first-order valence-electron chi connectivity index (χ1n) is 9.84. The molecule has 0 saturated carbocycles. The fourth-order valence-electron chi connectivity index (χ4n) is 3.67. The predicted octanol–water partition coefficient (Wildman–Crippen LogP) is 4.32. The van der Waals surface area contributed by atoms with Gasteiger partial charge in [0, 0.05) is 35.0 Å². The van der Waals surface area contributed by atoms with E-state index in [-0.39, 0.29) is 23.8 Å². The number of Topliss-reactive ketones (excluding diaryl/α,β-unsaturated/α-hetero) is 1. The quantitative estimate of drug-likeness (QED) is 0.195. The van der Waals surface area contributed by atoms with Gasteiger partial charge in [-0.3, -0.25) is 14.8 Å². The van der Waals surface area contributed by atoms with Gasteiger partial charge in [0.05, 0.1) is 5.71 Å². The summed E-state index contributed by atoms with van der Waals surface area (Å²) in [5.74, 6) is -1.08. The van der Waals surface area contributed by atoms with Crippen LogP contribution in [-0.2, 0) is 16.0 Å². The minimum Gasteiger partial charge on any atom is -0.358 e. The van der Waals surface area contributed by atoms with Crippen LogP contribution < -0.4 is 5.48 Å². The Kier molecular flexibility index (Phi) is 6.59. The molecule has 1 amide bonds. The second-order valence-electron chi connectivity index (χ2n) is 7.22. The average molecular weight is 403 g/mol. The lowest BCUT2D eigenvalue weighted by Crippen LogP contribution is -2.23. The molecule has 0 saturated heterocycles. The zero-order valence-electron chi connectivity index (χ0n) is 17.0. The molecule has 2 aromatic carbocycles. The zero-order valence-corrected chi connectivity index (χ0v) is 17.0. The van der Waals surface area contributed by atoms with Crippen LogP contribution in [0.4, 0.5) is 0 Å². The first kappa shape index (κ1) is 21.2. The highest BCUT2D eigenvalue weighted by molar-refractivity contribution is 6.41. The number of hydroxylamine groups is 1. The summed E-state index contributed by atoms with van der Waals surface area (Å²) in [6, 6.07) is 15.2. The molecule has 0 aliphatic heterocycles. The van der Waals surface area contributed by atoms with Gasteiger partial charge in [-0.25, -0.2) is 5.48 Å². The molecule has 0 fully saturated rings. The number of ketones is 1. The van der Waals surface area contributed by atoms with E-state index in [1.165, 1.54) is 6.08 Å². The number of aromatic amines is 1. The van der Waals surface area contributed by atoms with Crippen LogP contribution in [0.3, 0.4) is 0 Å². The van der Waals surface area contributed by atoms with Crippen molar-refractivity contribution in [3.63, 3.8) is 0 Å². The fourth-order valence-corrected chi connectivity index (χ4v) is 3.67. The van der Waals surface area contributed by atoms with Crippen molar-refractivity contribution in [1.29, 1.82) is 5.41 Å². The summed E-state index contributed by atoms with van der Waals surface area (Å²) in [5, 5.41) is 18.1. The van der Waals surface area contributed by atoms with Crippen LogP contribution in [0.15, 0.2) is 54.6 Å². The molecule has 0 aliphatic carbocycles. The molecule has 0 radical (unpaired) electrons. The number of rotatable bonds is 8. The fraction of sp³-hybridized carbons (Fsp3) is 0.208. The summed E-state index contributed by atoms with van der Waals surface area (Å²) in [4.78, 5) is 27.3. The van der Waals surface area contributed by atoms with Crippen LogP contribution in [-0.4, -0.2) is 27.6 Å². The van der Waals surface area contributed by atoms with Crippen LogP contribution in [0.5, 0.6) is 0 Å². The molecule has 154 valence electrons. The number of H-pyrrole nitrogens is 1. The van der Waals surface area contributed by atoms with E-state index in [1.54, 1.807) is 11.6 Å². The van der Waals surface area contributed by atoms with Gasteiger partial charge in [-0.2, -0.15) is 0 Å². The molecule has 3 aromatic rings. The molecule has 1 aromatic heterocycles. The number of para-hydroxylation sites is 1. The van der Waals surface area contributed by atoms with Crippen molar-refractivity contribution in [2.45, 2.75) is 32.6 Å². The van der Waals surface area contributed by atoms with Crippen molar-refractivity contribution in [3.8, 4) is 0 Å². The average Bonchev–Trinajstić information content (AvgIpc) is 3.08. The lowest BCUT2D eigenvalue weighted by molar-refractivity contribution is -0.124. The number of hydrogen-bond donors (Lipinski definition) is 4. The molecule has 6 nitrogen and oxygen atoms in total. The molecule has 1 heterocycles. The molecular formula is C24H25N3O3. The number of fused-ring (bicyclic) bond motifs is 1. The number of benzene rings is 2. The molecule has 6 heteroatoms. The Morgan fingerprint density at radius 2 is 1.87 bits per heavy atom. The summed E-state index contributed by atoms with van der Waals surface area (Å²) in [6.45, 7) is 3.91. The largest absolute Gasteiger partial charge is 0.358 e. The van der Waals surface area contributed by atoms with Gasteiger partial charge < -0.3 is 10.4 Å². The van der Waals surface area contributed by atoms with E-state index in [1.807, 2.05) is 62.4 Å². The van der Waals surface area contributed by atoms with Crippen LogP contribution >= 0.6 is 0 Å². The number of hydrogen-bond acceptors (Lipinski definition) is 4. The van der Waals surface area contributed by atoms with Crippen molar-refractivity contribution in [3.05, 3.63) is 77.0 Å². The van der Waals surface area contributed by atoms with Crippen LogP contribution in [0.25, 0.3) is 17.0 Å². The van der Waals surface area contributed by atoms with E-state index in [9.17, 15) is 9.59 Å². The number of carbonyl (C=O) groups is 2. The SMILES string of the molecule is CC[C@H](C(=N)C(=O)Cc1c(C)[nH]c2ccccc12)c1ccc(/C=C/C(=O)NO)cc1. The van der Waals surface area contributed by atoms with Crippen molar-refractivity contribution in [1.82, 2.24) is 10.5 Å². The van der Waals surface area contributed by atoms with Crippen LogP contribution in [0.2, 0.25) is 0 Å². The van der Waals surface area contributed by atoms with Gasteiger partial charge in [-0.1, -0.05) is 49.4 Å². The lowest BCUT2D eigenvalue weighted by Gasteiger charge is -2.16. The molecule has 3 rings (SSSR count). The Morgan fingerprint density at radius 3 is 2.53 bits per heavy atom. The normalized spacial score (nSPS) is 12.2. The smallest absolute Gasteiger partial charge is 0.267 e. The van der Waals surface area contributed by atoms with Gasteiger partial charge >= 0.3 is 0 Å². The van der Waals surface area contributed by atoms with Crippen LogP contribution in [0.1, 0.15) is 41.6 Å². The lowest BCUT2D eigenvalue weighted by atomic mass is 9.87. The summed E-state index contributed by atoms with van der Waals surface area (Å²) < 4.78 is 0. The summed E-state index contributed by atoms with van der Waals surface area (Å²) in [7, 11) is 0. The molecular weight excluding hydrogens is 378 g/mol. The van der Waals surface area contributed by atoms with E-state index < -0.39 is 5.91 Å². The molecule has 30 heavy (non-hydrogen) atoms. The summed E-state index contributed by atoms with van der Waals surface area (Å²) >= 11 is 0.